The first-order valence-electron chi connectivity index (χ1n) is 10.2. The lowest BCUT2D eigenvalue weighted by Gasteiger charge is -2.26. The van der Waals surface area contributed by atoms with E-state index in [0.717, 1.165) is 19.3 Å². The first-order chi connectivity index (χ1) is 14.9. The molecule has 162 valence electrons. The molecule has 3 aromatic rings. The van der Waals surface area contributed by atoms with E-state index >= 15 is 0 Å². The second-order valence-corrected chi connectivity index (χ2v) is 9.34. The van der Waals surface area contributed by atoms with Crippen molar-refractivity contribution in [3.05, 3.63) is 72.2 Å². The Labute approximate surface area is 181 Å². The zero-order valence-corrected chi connectivity index (χ0v) is 18.0. The van der Waals surface area contributed by atoms with Crippen molar-refractivity contribution in [1.82, 2.24) is 4.31 Å². The molecule has 1 aromatic heterocycles. The van der Waals surface area contributed by atoms with E-state index in [1.165, 1.54) is 16.4 Å². The fraction of sp³-hybridized carbons (Fsp3) is 0.261. The number of sulfonamides is 1. The molecule has 0 atom stereocenters. The van der Waals surface area contributed by atoms with Crippen LogP contribution in [-0.2, 0) is 10.0 Å². The second kappa shape index (κ2) is 8.95. The highest BCUT2D eigenvalue weighted by atomic mass is 32.2. The van der Waals surface area contributed by atoms with E-state index in [0.29, 0.717) is 30.3 Å². The lowest BCUT2D eigenvalue weighted by molar-refractivity contribution is 0.0995. The number of amides is 1. The fourth-order valence-electron chi connectivity index (χ4n) is 3.47. The van der Waals surface area contributed by atoms with Gasteiger partial charge in [0.05, 0.1) is 10.6 Å². The molecule has 1 saturated heterocycles. The number of rotatable bonds is 6. The van der Waals surface area contributed by atoms with Crippen molar-refractivity contribution in [3.8, 4) is 11.5 Å². The van der Waals surface area contributed by atoms with Crippen LogP contribution in [0.25, 0.3) is 0 Å². The highest BCUT2D eigenvalue weighted by Gasteiger charge is 2.27. The van der Waals surface area contributed by atoms with Gasteiger partial charge in [0.15, 0.2) is 11.5 Å². The molecular formula is C23H24N2O5S. The Kier molecular flexibility index (Phi) is 6.11. The van der Waals surface area contributed by atoms with Gasteiger partial charge in [-0.2, -0.15) is 4.31 Å². The molecule has 31 heavy (non-hydrogen) atoms. The topological polar surface area (TPSA) is 88.9 Å². The van der Waals surface area contributed by atoms with Crippen LogP contribution in [-0.4, -0.2) is 31.7 Å². The molecule has 2 heterocycles. The summed E-state index contributed by atoms with van der Waals surface area (Å²) in [5.41, 5.74) is 0.251. The van der Waals surface area contributed by atoms with Gasteiger partial charge in [0.1, 0.15) is 11.5 Å². The lowest BCUT2D eigenvalue weighted by atomic mass is 10.2. The number of ether oxygens (including phenoxy) is 1. The van der Waals surface area contributed by atoms with E-state index in [1.54, 1.807) is 37.3 Å². The van der Waals surface area contributed by atoms with Crippen LogP contribution in [0.3, 0.4) is 0 Å². The molecule has 0 radical (unpaired) electrons. The number of benzene rings is 2. The van der Waals surface area contributed by atoms with Gasteiger partial charge in [-0.1, -0.05) is 24.6 Å². The third-order valence-electron chi connectivity index (χ3n) is 5.09. The number of hydrogen-bond donors (Lipinski definition) is 1. The van der Waals surface area contributed by atoms with Crippen molar-refractivity contribution >= 4 is 21.6 Å². The number of aryl methyl sites for hydroxylation is 1. The van der Waals surface area contributed by atoms with Crippen molar-refractivity contribution in [2.24, 2.45) is 0 Å². The van der Waals surface area contributed by atoms with Gasteiger partial charge in [-0.15, -0.1) is 0 Å². The number of piperidine rings is 1. The van der Waals surface area contributed by atoms with Gasteiger partial charge in [0.25, 0.3) is 5.91 Å². The summed E-state index contributed by atoms with van der Waals surface area (Å²) in [7, 11) is -3.67. The van der Waals surface area contributed by atoms with E-state index in [1.807, 2.05) is 18.2 Å². The predicted molar refractivity (Wildman–Crippen MR) is 117 cm³/mol. The Morgan fingerprint density at radius 3 is 2.42 bits per heavy atom. The first-order valence-corrected chi connectivity index (χ1v) is 11.6. The van der Waals surface area contributed by atoms with Crippen molar-refractivity contribution in [1.29, 1.82) is 0 Å². The van der Waals surface area contributed by atoms with Crippen LogP contribution in [0, 0.1) is 6.92 Å². The molecule has 4 rings (SSSR count). The molecule has 1 amide bonds. The molecule has 2 aromatic carbocycles. The van der Waals surface area contributed by atoms with Crippen molar-refractivity contribution in [2.75, 3.05) is 18.4 Å². The predicted octanol–water partition coefficient (Wildman–Crippen LogP) is 4.81. The van der Waals surface area contributed by atoms with Crippen LogP contribution < -0.4 is 10.1 Å². The molecular weight excluding hydrogens is 416 g/mol. The summed E-state index contributed by atoms with van der Waals surface area (Å²) in [4.78, 5) is 12.8. The Morgan fingerprint density at radius 1 is 1.00 bits per heavy atom. The minimum Gasteiger partial charge on any atom is -0.456 e. The number of anilines is 1. The SMILES string of the molecule is Cc1ccc(C(=O)Nc2cc(S(=O)(=O)N3CCCCC3)ccc2Oc2ccccc2)o1. The van der Waals surface area contributed by atoms with E-state index < -0.39 is 15.9 Å². The maximum atomic E-state index is 13.1. The summed E-state index contributed by atoms with van der Waals surface area (Å²) in [6, 6.07) is 16.8. The molecule has 0 spiro atoms. The molecule has 0 saturated carbocycles. The molecule has 8 heteroatoms. The minimum atomic E-state index is -3.67. The standard InChI is InChI=1S/C23H24N2O5S/c1-17-10-12-22(29-17)23(26)24-20-16-19(31(27,28)25-14-6-3-7-15-25)11-13-21(20)30-18-8-4-2-5-9-18/h2,4-5,8-13,16H,3,6-7,14-15H2,1H3,(H,24,26). The Bertz CT molecular complexity index is 1170. The van der Waals surface area contributed by atoms with E-state index in [2.05, 4.69) is 5.32 Å². The number of carbonyl (C=O) groups is 1. The third-order valence-corrected chi connectivity index (χ3v) is 6.98. The fourth-order valence-corrected chi connectivity index (χ4v) is 5.01. The summed E-state index contributed by atoms with van der Waals surface area (Å²) >= 11 is 0. The largest absolute Gasteiger partial charge is 0.456 e. The summed E-state index contributed by atoms with van der Waals surface area (Å²) in [6.07, 6.45) is 2.71. The van der Waals surface area contributed by atoms with E-state index in [4.69, 9.17) is 9.15 Å². The summed E-state index contributed by atoms with van der Waals surface area (Å²) < 4.78 is 39.0. The van der Waals surface area contributed by atoms with Crippen molar-refractivity contribution < 1.29 is 22.4 Å². The van der Waals surface area contributed by atoms with Crippen LogP contribution in [0.5, 0.6) is 11.5 Å². The van der Waals surface area contributed by atoms with Gasteiger partial charge in [-0.25, -0.2) is 8.42 Å². The molecule has 1 fully saturated rings. The molecule has 0 aliphatic carbocycles. The van der Waals surface area contributed by atoms with E-state index in [-0.39, 0.29) is 16.3 Å². The van der Waals surface area contributed by atoms with Crippen LogP contribution in [0.4, 0.5) is 5.69 Å². The maximum absolute atomic E-state index is 13.1. The highest BCUT2D eigenvalue weighted by Crippen LogP contribution is 2.33. The molecule has 0 bridgehead atoms. The maximum Gasteiger partial charge on any atom is 0.291 e. The molecule has 1 aliphatic heterocycles. The number of nitrogens with one attached hydrogen (secondary N) is 1. The average molecular weight is 441 g/mol. The highest BCUT2D eigenvalue weighted by molar-refractivity contribution is 7.89. The van der Waals surface area contributed by atoms with Crippen LogP contribution in [0.15, 0.2) is 70.0 Å². The van der Waals surface area contributed by atoms with Gasteiger partial charge < -0.3 is 14.5 Å². The number of hydrogen-bond acceptors (Lipinski definition) is 5. The lowest BCUT2D eigenvalue weighted by Crippen LogP contribution is -2.35. The van der Waals surface area contributed by atoms with Crippen LogP contribution >= 0.6 is 0 Å². The van der Waals surface area contributed by atoms with E-state index in [9.17, 15) is 13.2 Å². The number of nitrogens with zero attached hydrogens (tertiary/aromatic N) is 1. The molecule has 1 N–H and O–H groups in total. The monoisotopic (exact) mass is 440 g/mol. The zero-order chi connectivity index (χ0) is 21.8. The van der Waals surface area contributed by atoms with Gasteiger partial charge in [0, 0.05) is 13.1 Å². The third kappa shape index (κ3) is 4.81. The smallest absolute Gasteiger partial charge is 0.291 e. The van der Waals surface area contributed by atoms with Gasteiger partial charge in [0.2, 0.25) is 10.0 Å². The minimum absolute atomic E-state index is 0.112. The number of para-hydroxylation sites is 1. The van der Waals surface area contributed by atoms with Crippen molar-refractivity contribution in [3.63, 3.8) is 0 Å². The number of furan rings is 1. The molecule has 0 unspecified atom stereocenters. The van der Waals surface area contributed by atoms with Gasteiger partial charge in [-0.05, 0) is 62.2 Å². The summed E-state index contributed by atoms with van der Waals surface area (Å²) in [6.45, 7) is 2.74. The average Bonchev–Trinajstić information content (AvgIpc) is 3.22. The van der Waals surface area contributed by atoms with Crippen LogP contribution in [0.2, 0.25) is 0 Å². The quantitative estimate of drug-likeness (QED) is 0.594. The zero-order valence-electron chi connectivity index (χ0n) is 17.2. The van der Waals surface area contributed by atoms with Gasteiger partial charge >= 0.3 is 0 Å². The normalized spacial score (nSPS) is 14.9. The Balaban J connectivity index is 1.68. The Morgan fingerprint density at radius 2 is 1.74 bits per heavy atom. The van der Waals surface area contributed by atoms with Gasteiger partial charge in [-0.3, -0.25) is 4.79 Å². The summed E-state index contributed by atoms with van der Waals surface area (Å²) in [5, 5.41) is 2.74. The van der Waals surface area contributed by atoms with Crippen LogP contribution in [0.1, 0.15) is 35.6 Å². The molecule has 1 aliphatic rings. The van der Waals surface area contributed by atoms with Crippen molar-refractivity contribution in [2.45, 2.75) is 31.1 Å². The summed E-state index contributed by atoms with van der Waals surface area (Å²) in [5.74, 6) is 1.15. The first kappa shape index (κ1) is 21.1. The number of carbonyl (C=O) groups excluding carboxylic acids is 1. The Hall–Kier alpha value is -3.10. The molecule has 7 nitrogen and oxygen atoms in total. The second-order valence-electron chi connectivity index (χ2n) is 7.40.